The van der Waals surface area contributed by atoms with Crippen LogP contribution in [0.3, 0.4) is 0 Å². The molecule has 0 saturated heterocycles. The van der Waals surface area contributed by atoms with Gasteiger partial charge in [0.15, 0.2) is 0 Å². The van der Waals surface area contributed by atoms with Gasteiger partial charge in [0.2, 0.25) is 11.8 Å². The van der Waals surface area contributed by atoms with Crippen LogP contribution in [0.5, 0.6) is 0 Å². The monoisotopic (exact) mass is 279 g/mol. The maximum absolute atomic E-state index is 12.2. The molecule has 0 aliphatic heterocycles. The fraction of sp³-hybridized carbons (Fsp3) is 0.385. The van der Waals surface area contributed by atoms with E-state index in [-0.39, 0.29) is 5.25 Å². The Morgan fingerprint density at radius 3 is 2.32 bits per heavy atom. The van der Waals surface area contributed by atoms with Crippen LogP contribution in [-0.4, -0.2) is 25.9 Å². The summed E-state index contributed by atoms with van der Waals surface area (Å²) in [5.41, 5.74) is 1.52. The molecule has 2 rings (SSSR count). The molecule has 0 bridgehead atoms. The summed E-state index contributed by atoms with van der Waals surface area (Å²) in [7, 11) is -2.20. The zero-order valence-corrected chi connectivity index (χ0v) is 12.3. The fourth-order valence-corrected chi connectivity index (χ4v) is 2.14. The second-order valence-corrected chi connectivity index (χ2v) is 7.52. The predicted octanol–water partition coefficient (Wildman–Crippen LogP) is 3.18. The Balaban J connectivity index is 2.32. The number of aryl methyl sites for hydroxylation is 1. The molecule has 0 saturated carbocycles. The number of rotatable bonds is 3. The Hall–Kier alpha value is -1.69. The highest BCUT2D eigenvalue weighted by atomic mass is 32.2. The van der Waals surface area contributed by atoms with Crippen LogP contribution in [0.25, 0.3) is 11.5 Å². The number of aromatic nitrogens is 2. The summed E-state index contributed by atoms with van der Waals surface area (Å²) < 4.78 is 21.8. The molecule has 102 valence electrons. The van der Waals surface area contributed by atoms with Gasteiger partial charge in [-0.05, 0) is 24.3 Å². The van der Waals surface area contributed by atoms with Crippen molar-refractivity contribution in [1.82, 2.24) is 10.2 Å². The van der Waals surface area contributed by atoms with Gasteiger partial charge >= 0.3 is 0 Å². The minimum absolute atomic E-state index is 0.0192. The molecule has 6 heteroatoms. The van der Waals surface area contributed by atoms with E-state index in [2.05, 4.69) is 14.6 Å². The van der Waals surface area contributed by atoms with Crippen LogP contribution >= 0.6 is 0 Å². The van der Waals surface area contributed by atoms with Crippen molar-refractivity contribution < 1.29 is 8.63 Å². The third-order valence-electron chi connectivity index (χ3n) is 2.80. The molecule has 0 N–H and O–H groups in total. The Labute approximate surface area is 113 Å². The third kappa shape index (κ3) is 3.20. The molecule has 5 nitrogen and oxygen atoms in total. The highest BCUT2D eigenvalue weighted by Gasteiger charge is 2.09. The molecule has 1 aromatic carbocycles. The van der Waals surface area contributed by atoms with Gasteiger partial charge in [0.05, 0.1) is 15.4 Å². The first kappa shape index (κ1) is 13.7. The van der Waals surface area contributed by atoms with Crippen LogP contribution < -0.4 is 0 Å². The summed E-state index contributed by atoms with van der Waals surface area (Å²) in [6.07, 6.45) is 1.67. The van der Waals surface area contributed by atoms with Gasteiger partial charge < -0.3 is 4.42 Å². The summed E-state index contributed by atoms with van der Waals surface area (Å²) in [5.74, 6) is 1.00. The van der Waals surface area contributed by atoms with Gasteiger partial charge in [0.1, 0.15) is 0 Å². The SMILES string of the molecule is Cc1nnc(-c2ccc(N=S(C)(=O)C(C)C)cc2)o1. The van der Waals surface area contributed by atoms with E-state index < -0.39 is 9.73 Å². The van der Waals surface area contributed by atoms with Crippen molar-refractivity contribution in [2.24, 2.45) is 4.36 Å². The minimum Gasteiger partial charge on any atom is -0.421 e. The van der Waals surface area contributed by atoms with Crippen molar-refractivity contribution >= 4 is 15.4 Å². The quantitative estimate of drug-likeness (QED) is 0.865. The Kier molecular flexibility index (Phi) is 3.71. The molecule has 0 spiro atoms. The van der Waals surface area contributed by atoms with Crippen molar-refractivity contribution in [3.05, 3.63) is 30.2 Å². The van der Waals surface area contributed by atoms with Crippen molar-refractivity contribution in [2.75, 3.05) is 6.26 Å². The first-order chi connectivity index (χ1) is 8.88. The molecule has 2 aromatic rings. The predicted molar refractivity (Wildman–Crippen MR) is 75.8 cm³/mol. The Bertz CT molecular complexity index is 680. The molecule has 1 unspecified atom stereocenters. The van der Waals surface area contributed by atoms with Gasteiger partial charge in [-0.15, -0.1) is 10.2 Å². The highest BCUT2D eigenvalue weighted by molar-refractivity contribution is 7.93. The van der Waals surface area contributed by atoms with Crippen molar-refractivity contribution in [2.45, 2.75) is 26.0 Å². The van der Waals surface area contributed by atoms with Gasteiger partial charge in [0, 0.05) is 24.0 Å². The van der Waals surface area contributed by atoms with Crippen LogP contribution in [0.4, 0.5) is 5.69 Å². The molecule has 19 heavy (non-hydrogen) atoms. The molecular formula is C13H17N3O2S. The topological polar surface area (TPSA) is 68.3 Å². The second-order valence-electron chi connectivity index (χ2n) is 4.67. The lowest BCUT2D eigenvalue weighted by atomic mass is 10.2. The molecule has 0 aliphatic carbocycles. The van der Waals surface area contributed by atoms with Crippen molar-refractivity contribution in [1.29, 1.82) is 0 Å². The standard InChI is InChI=1S/C13H17N3O2S/c1-9(2)19(4,17)16-12-7-5-11(6-8-12)13-15-14-10(3)18-13/h5-9H,1-4H3. The maximum Gasteiger partial charge on any atom is 0.247 e. The lowest BCUT2D eigenvalue weighted by Crippen LogP contribution is -2.10. The number of nitrogens with zero attached hydrogens (tertiary/aromatic N) is 3. The number of benzene rings is 1. The Morgan fingerprint density at radius 2 is 1.84 bits per heavy atom. The normalized spacial score (nSPS) is 14.4. The Morgan fingerprint density at radius 1 is 1.21 bits per heavy atom. The first-order valence-corrected chi connectivity index (χ1v) is 7.98. The lowest BCUT2D eigenvalue weighted by Gasteiger charge is -2.07. The zero-order chi connectivity index (χ0) is 14.0. The van der Waals surface area contributed by atoms with Gasteiger partial charge in [0.25, 0.3) is 0 Å². The smallest absolute Gasteiger partial charge is 0.247 e. The van der Waals surface area contributed by atoms with E-state index in [9.17, 15) is 4.21 Å². The summed E-state index contributed by atoms with van der Waals surface area (Å²) in [5, 5.41) is 7.75. The van der Waals surface area contributed by atoms with Gasteiger partial charge in [-0.3, -0.25) is 0 Å². The van der Waals surface area contributed by atoms with Gasteiger partial charge in [-0.1, -0.05) is 13.8 Å². The number of hydrogen-bond donors (Lipinski definition) is 0. The molecule has 1 aromatic heterocycles. The van der Waals surface area contributed by atoms with E-state index in [1.807, 2.05) is 26.0 Å². The molecule has 0 radical (unpaired) electrons. The summed E-state index contributed by atoms with van der Waals surface area (Å²) in [6, 6.07) is 7.28. The van der Waals surface area contributed by atoms with E-state index in [1.165, 1.54) is 0 Å². The van der Waals surface area contributed by atoms with Crippen LogP contribution in [0.1, 0.15) is 19.7 Å². The van der Waals surface area contributed by atoms with Crippen LogP contribution in [0, 0.1) is 6.92 Å². The van der Waals surface area contributed by atoms with Crippen LogP contribution in [0.2, 0.25) is 0 Å². The van der Waals surface area contributed by atoms with Crippen molar-refractivity contribution in [3.8, 4) is 11.5 Å². The molecule has 0 amide bonds. The second kappa shape index (κ2) is 5.13. The summed E-state index contributed by atoms with van der Waals surface area (Å²) >= 11 is 0. The van der Waals surface area contributed by atoms with E-state index in [4.69, 9.17) is 4.42 Å². The van der Waals surface area contributed by atoms with Crippen LogP contribution in [0.15, 0.2) is 33.0 Å². The fourth-order valence-electron chi connectivity index (χ4n) is 1.39. The van der Waals surface area contributed by atoms with E-state index in [1.54, 1.807) is 25.3 Å². The zero-order valence-electron chi connectivity index (χ0n) is 11.5. The van der Waals surface area contributed by atoms with Crippen LogP contribution in [-0.2, 0) is 9.73 Å². The van der Waals surface area contributed by atoms with E-state index in [0.717, 1.165) is 5.56 Å². The molecular weight excluding hydrogens is 262 g/mol. The molecule has 1 heterocycles. The average molecular weight is 279 g/mol. The molecule has 0 aliphatic rings. The van der Waals surface area contributed by atoms with E-state index >= 15 is 0 Å². The maximum atomic E-state index is 12.2. The van der Waals surface area contributed by atoms with Gasteiger partial charge in [-0.25, -0.2) is 4.21 Å². The van der Waals surface area contributed by atoms with E-state index in [0.29, 0.717) is 17.5 Å². The molecule has 0 fully saturated rings. The summed E-state index contributed by atoms with van der Waals surface area (Å²) in [4.78, 5) is 0. The summed E-state index contributed by atoms with van der Waals surface area (Å²) in [6.45, 7) is 5.55. The largest absolute Gasteiger partial charge is 0.421 e. The first-order valence-electron chi connectivity index (χ1n) is 6.00. The molecule has 1 atom stereocenters. The van der Waals surface area contributed by atoms with Gasteiger partial charge in [-0.2, -0.15) is 4.36 Å². The number of hydrogen-bond acceptors (Lipinski definition) is 5. The average Bonchev–Trinajstić information content (AvgIpc) is 2.76. The van der Waals surface area contributed by atoms with Crippen molar-refractivity contribution in [3.63, 3.8) is 0 Å². The lowest BCUT2D eigenvalue weighted by molar-refractivity contribution is 0.533. The minimum atomic E-state index is -2.20. The highest BCUT2D eigenvalue weighted by Crippen LogP contribution is 2.23. The third-order valence-corrected chi connectivity index (χ3v) is 5.12.